The summed E-state index contributed by atoms with van der Waals surface area (Å²) >= 11 is 1.61. The maximum absolute atomic E-state index is 11.9. The zero-order chi connectivity index (χ0) is 14.8. The molecule has 1 aliphatic heterocycles. The number of hydrazine groups is 1. The van der Waals surface area contributed by atoms with Gasteiger partial charge in [-0.3, -0.25) is 0 Å². The van der Waals surface area contributed by atoms with Crippen molar-refractivity contribution < 1.29 is 13.2 Å². The normalized spacial score (nSPS) is 19.8. The van der Waals surface area contributed by atoms with Crippen LogP contribution in [0.5, 0.6) is 5.75 Å². The highest BCUT2D eigenvalue weighted by molar-refractivity contribution is 8.01. The molecule has 0 radical (unpaired) electrons. The van der Waals surface area contributed by atoms with Crippen LogP contribution in [0.3, 0.4) is 0 Å². The molecule has 0 amide bonds. The molecule has 1 aromatic heterocycles. The van der Waals surface area contributed by atoms with E-state index in [1.165, 1.54) is 19.7 Å². The van der Waals surface area contributed by atoms with E-state index in [1.807, 2.05) is 0 Å². The van der Waals surface area contributed by atoms with Crippen molar-refractivity contribution in [3.8, 4) is 5.75 Å². The highest BCUT2D eigenvalue weighted by Gasteiger charge is 2.34. The SMILES string of the molecule is COc1c(NN)ncnc1N1CCSCC1S(C)(=O)=O. The molecule has 0 spiro atoms. The van der Waals surface area contributed by atoms with Crippen LogP contribution in [0.2, 0.25) is 0 Å². The number of sulfone groups is 1. The number of aromatic nitrogens is 2. The Morgan fingerprint density at radius 1 is 1.55 bits per heavy atom. The maximum Gasteiger partial charge on any atom is 0.205 e. The van der Waals surface area contributed by atoms with Crippen molar-refractivity contribution in [3.63, 3.8) is 0 Å². The van der Waals surface area contributed by atoms with Gasteiger partial charge in [0.05, 0.1) is 7.11 Å². The Bertz CT molecular complexity index is 580. The molecule has 8 nitrogen and oxygen atoms in total. The fraction of sp³-hybridized carbons (Fsp3) is 0.600. The third-order valence-corrected chi connectivity index (χ3v) is 5.62. The summed E-state index contributed by atoms with van der Waals surface area (Å²) in [5, 5.41) is -0.629. The molecule has 20 heavy (non-hydrogen) atoms. The number of nitrogen functional groups attached to an aromatic ring is 1. The van der Waals surface area contributed by atoms with E-state index in [4.69, 9.17) is 10.6 Å². The number of methoxy groups -OCH3 is 1. The number of ether oxygens (including phenoxy) is 1. The summed E-state index contributed by atoms with van der Waals surface area (Å²) in [6.45, 7) is 0.569. The summed E-state index contributed by atoms with van der Waals surface area (Å²) in [4.78, 5) is 9.85. The third-order valence-electron chi connectivity index (χ3n) is 2.98. The summed E-state index contributed by atoms with van der Waals surface area (Å²) in [6, 6.07) is 0. The van der Waals surface area contributed by atoms with E-state index < -0.39 is 15.2 Å². The standard InChI is InChI=1S/C10H17N5O3S2/c1-18-8-9(14-11)12-6-13-10(8)15-3-4-19-5-7(15)20(2,16)17/h6-7H,3-5,11H2,1-2H3,(H,12,13,14). The fourth-order valence-corrected chi connectivity index (χ4v) is 4.86. The van der Waals surface area contributed by atoms with Crippen LogP contribution in [0.25, 0.3) is 0 Å². The lowest BCUT2D eigenvalue weighted by atomic mass is 10.4. The lowest BCUT2D eigenvalue weighted by molar-refractivity contribution is 0.412. The summed E-state index contributed by atoms with van der Waals surface area (Å²) in [7, 11) is -1.76. The van der Waals surface area contributed by atoms with Gasteiger partial charge in [-0.05, 0) is 0 Å². The van der Waals surface area contributed by atoms with E-state index in [-0.39, 0.29) is 0 Å². The van der Waals surface area contributed by atoms with Gasteiger partial charge in [-0.2, -0.15) is 11.8 Å². The van der Waals surface area contributed by atoms with Gasteiger partial charge in [0.15, 0.2) is 21.5 Å². The van der Waals surface area contributed by atoms with Gasteiger partial charge in [0.2, 0.25) is 5.75 Å². The molecule has 1 aliphatic rings. The van der Waals surface area contributed by atoms with Gasteiger partial charge in [0, 0.05) is 24.3 Å². The number of hydrogen-bond donors (Lipinski definition) is 2. The molecule has 1 aromatic rings. The Morgan fingerprint density at radius 3 is 2.90 bits per heavy atom. The number of hydrogen-bond acceptors (Lipinski definition) is 9. The molecule has 3 N–H and O–H groups in total. The van der Waals surface area contributed by atoms with Gasteiger partial charge < -0.3 is 15.1 Å². The topological polar surface area (TPSA) is 110 Å². The average molecular weight is 319 g/mol. The molecular weight excluding hydrogens is 302 g/mol. The van der Waals surface area contributed by atoms with Crippen molar-refractivity contribution in [2.45, 2.75) is 5.37 Å². The van der Waals surface area contributed by atoms with Gasteiger partial charge in [0.25, 0.3) is 0 Å². The predicted molar refractivity (Wildman–Crippen MR) is 79.7 cm³/mol. The van der Waals surface area contributed by atoms with Crippen molar-refractivity contribution >= 4 is 33.2 Å². The minimum atomic E-state index is -3.23. The number of nitrogens with one attached hydrogen (secondary N) is 1. The first kappa shape index (κ1) is 15.1. The van der Waals surface area contributed by atoms with Crippen LogP contribution in [0.1, 0.15) is 0 Å². The van der Waals surface area contributed by atoms with Crippen LogP contribution >= 0.6 is 11.8 Å². The molecule has 10 heteroatoms. The Balaban J connectivity index is 2.48. The smallest absolute Gasteiger partial charge is 0.205 e. The molecule has 1 atom stereocenters. The summed E-state index contributed by atoms with van der Waals surface area (Å²) in [6.07, 6.45) is 2.56. The quantitative estimate of drug-likeness (QED) is 0.570. The number of rotatable bonds is 4. The van der Waals surface area contributed by atoms with Crippen molar-refractivity contribution in [1.82, 2.24) is 9.97 Å². The predicted octanol–water partition coefficient (Wildman–Crippen LogP) is -0.305. The van der Waals surface area contributed by atoms with Gasteiger partial charge in [-0.25, -0.2) is 24.2 Å². The van der Waals surface area contributed by atoms with Gasteiger partial charge in [0.1, 0.15) is 11.7 Å². The number of thioether (sulfide) groups is 1. The Morgan fingerprint density at radius 2 is 2.30 bits per heavy atom. The van der Waals surface area contributed by atoms with Crippen molar-refractivity contribution in [3.05, 3.63) is 6.33 Å². The third kappa shape index (κ3) is 2.91. The van der Waals surface area contributed by atoms with Gasteiger partial charge in [-0.1, -0.05) is 0 Å². The molecule has 0 aromatic carbocycles. The number of nitrogens with two attached hydrogens (primary N) is 1. The minimum absolute atomic E-state index is 0.322. The first-order valence-corrected chi connectivity index (χ1v) is 8.98. The second-order valence-corrected chi connectivity index (χ2v) is 7.63. The largest absolute Gasteiger partial charge is 0.490 e. The summed E-state index contributed by atoms with van der Waals surface area (Å²) < 4.78 is 29.2. The monoisotopic (exact) mass is 319 g/mol. The Kier molecular flexibility index (Phi) is 4.55. The van der Waals surface area contributed by atoms with Gasteiger partial charge in [-0.15, -0.1) is 0 Å². The second-order valence-electron chi connectivity index (χ2n) is 4.28. The molecule has 0 saturated carbocycles. The number of nitrogens with zero attached hydrogens (tertiary/aromatic N) is 3. The van der Waals surface area contributed by atoms with E-state index in [0.717, 1.165) is 5.75 Å². The molecule has 2 rings (SSSR count). The molecule has 0 bridgehead atoms. The van der Waals surface area contributed by atoms with E-state index in [9.17, 15) is 8.42 Å². The van der Waals surface area contributed by atoms with Crippen LogP contribution in [0.4, 0.5) is 11.6 Å². The molecule has 2 heterocycles. The van der Waals surface area contributed by atoms with E-state index in [1.54, 1.807) is 16.7 Å². The Labute approximate surface area is 122 Å². The molecule has 0 aliphatic carbocycles. The second kappa shape index (κ2) is 6.02. The van der Waals surface area contributed by atoms with Gasteiger partial charge >= 0.3 is 0 Å². The molecule has 112 valence electrons. The molecule has 1 unspecified atom stereocenters. The van der Waals surface area contributed by atoms with Crippen molar-refractivity contribution in [1.29, 1.82) is 0 Å². The summed E-state index contributed by atoms with van der Waals surface area (Å²) in [5.74, 6) is 7.81. The van der Waals surface area contributed by atoms with Crippen LogP contribution in [-0.4, -0.2) is 55.2 Å². The lowest BCUT2D eigenvalue weighted by Gasteiger charge is -2.35. The molecular formula is C10H17N5O3S2. The summed E-state index contributed by atoms with van der Waals surface area (Å²) in [5.41, 5.74) is 2.42. The van der Waals surface area contributed by atoms with Crippen LogP contribution in [0.15, 0.2) is 6.33 Å². The highest BCUT2D eigenvalue weighted by atomic mass is 32.2. The maximum atomic E-state index is 11.9. The van der Waals surface area contributed by atoms with Crippen molar-refractivity contribution in [2.24, 2.45) is 5.84 Å². The van der Waals surface area contributed by atoms with Crippen LogP contribution < -0.4 is 20.9 Å². The number of anilines is 2. The molecule has 1 fully saturated rings. The zero-order valence-corrected chi connectivity index (χ0v) is 12.9. The fourth-order valence-electron chi connectivity index (χ4n) is 2.04. The first-order valence-electron chi connectivity index (χ1n) is 5.88. The van der Waals surface area contributed by atoms with Crippen molar-refractivity contribution in [2.75, 3.05) is 41.7 Å². The Hall–Kier alpha value is -1.26. The first-order chi connectivity index (χ1) is 9.49. The highest BCUT2D eigenvalue weighted by Crippen LogP contribution is 2.35. The van der Waals surface area contributed by atoms with E-state index >= 15 is 0 Å². The average Bonchev–Trinajstić information content (AvgIpc) is 2.45. The zero-order valence-electron chi connectivity index (χ0n) is 11.2. The van der Waals surface area contributed by atoms with E-state index in [2.05, 4.69) is 15.4 Å². The lowest BCUT2D eigenvalue weighted by Crippen LogP contribution is -2.47. The van der Waals surface area contributed by atoms with E-state index in [0.29, 0.717) is 29.7 Å². The molecule has 1 saturated heterocycles. The minimum Gasteiger partial charge on any atom is -0.490 e. The van der Waals surface area contributed by atoms with Crippen LogP contribution in [0, 0.1) is 0 Å². The van der Waals surface area contributed by atoms with Crippen LogP contribution in [-0.2, 0) is 9.84 Å².